The van der Waals surface area contributed by atoms with Crippen molar-refractivity contribution in [1.82, 2.24) is 4.90 Å². The van der Waals surface area contributed by atoms with Crippen LogP contribution in [0.3, 0.4) is 0 Å². The Balaban J connectivity index is 1.47. The van der Waals surface area contributed by atoms with E-state index >= 15 is 0 Å². The minimum absolute atomic E-state index is 0.00388. The van der Waals surface area contributed by atoms with Crippen LogP contribution < -0.4 is 5.32 Å². The molecule has 2 aromatic rings. The molecule has 1 N–H and O–H groups in total. The van der Waals surface area contributed by atoms with Gasteiger partial charge in [0.2, 0.25) is 11.8 Å². The Morgan fingerprint density at radius 2 is 1.96 bits per heavy atom. The lowest BCUT2D eigenvalue weighted by Gasteiger charge is -2.30. The highest BCUT2D eigenvalue weighted by molar-refractivity contribution is 5.90. The standard InChI is InChI=1S/C21H21FN2O2/c1-13(25)23-20-8-4-5-14-12-24(10-9-15(14)20)21(26)18-11-17(18)16-6-2-3-7-19(16)22/h2-8,17-18H,9-12H2,1H3,(H,23,25). The van der Waals surface area contributed by atoms with E-state index in [2.05, 4.69) is 5.32 Å². The van der Waals surface area contributed by atoms with Crippen LogP contribution in [0.5, 0.6) is 0 Å². The zero-order valence-corrected chi connectivity index (χ0v) is 14.7. The van der Waals surface area contributed by atoms with Gasteiger partial charge < -0.3 is 10.2 Å². The second kappa shape index (κ2) is 6.56. The molecule has 5 heteroatoms. The summed E-state index contributed by atoms with van der Waals surface area (Å²) in [5.74, 6) is -0.337. The topological polar surface area (TPSA) is 49.4 Å². The zero-order chi connectivity index (χ0) is 18.3. The Kier molecular flexibility index (Phi) is 4.23. The Morgan fingerprint density at radius 1 is 1.15 bits per heavy atom. The molecular weight excluding hydrogens is 331 g/mol. The molecule has 2 unspecified atom stereocenters. The SMILES string of the molecule is CC(=O)Nc1cccc2c1CCN(C(=O)C1CC1c1ccccc1F)C2. The number of hydrogen-bond donors (Lipinski definition) is 1. The molecule has 2 amide bonds. The minimum atomic E-state index is -0.225. The lowest BCUT2D eigenvalue weighted by atomic mass is 9.97. The van der Waals surface area contributed by atoms with E-state index in [0.29, 0.717) is 25.1 Å². The van der Waals surface area contributed by atoms with Crippen LogP contribution in [-0.2, 0) is 22.6 Å². The maximum absolute atomic E-state index is 13.9. The molecule has 4 nitrogen and oxygen atoms in total. The predicted octanol–water partition coefficient (Wildman–Crippen LogP) is 3.47. The predicted molar refractivity (Wildman–Crippen MR) is 97.1 cm³/mol. The number of fused-ring (bicyclic) bond motifs is 1. The third-order valence-electron chi connectivity index (χ3n) is 5.30. The van der Waals surface area contributed by atoms with E-state index in [9.17, 15) is 14.0 Å². The third-order valence-corrected chi connectivity index (χ3v) is 5.30. The summed E-state index contributed by atoms with van der Waals surface area (Å²) in [7, 11) is 0. The molecule has 0 aromatic heterocycles. The third kappa shape index (κ3) is 3.09. The Hall–Kier alpha value is -2.69. The van der Waals surface area contributed by atoms with Crippen molar-refractivity contribution in [3.63, 3.8) is 0 Å². The molecule has 2 atom stereocenters. The number of rotatable bonds is 3. The molecule has 0 bridgehead atoms. The molecule has 0 radical (unpaired) electrons. The van der Waals surface area contributed by atoms with Crippen LogP contribution in [0.15, 0.2) is 42.5 Å². The molecule has 2 aliphatic rings. The van der Waals surface area contributed by atoms with Crippen LogP contribution in [0.25, 0.3) is 0 Å². The average molecular weight is 352 g/mol. The second-order valence-electron chi connectivity index (χ2n) is 7.10. The van der Waals surface area contributed by atoms with Gasteiger partial charge in [0.1, 0.15) is 5.82 Å². The number of nitrogens with one attached hydrogen (secondary N) is 1. The van der Waals surface area contributed by atoms with Crippen LogP contribution in [0.4, 0.5) is 10.1 Å². The molecule has 4 rings (SSSR count). The van der Waals surface area contributed by atoms with E-state index < -0.39 is 0 Å². The lowest BCUT2D eigenvalue weighted by Crippen LogP contribution is -2.37. The van der Waals surface area contributed by atoms with Gasteiger partial charge in [0.05, 0.1) is 0 Å². The highest BCUT2D eigenvalue weighted by atomic mass is 19.1. The largest absolute Gasteiger partial charge is 0.338 e. The summed E-state index contributed by atoms with van der Waals surface area (Å²) in [6.07, 6.45) is 1.43. The molecule has 1 saturated carbocycles. The molecule has 134 valence electrons. The number of benzene rings is 2. The van der Waals surface area contributed by atoms with Gasteiger partial charge in [-0.05, 0) is 47.6 Å². The summed E-state index contributed by atoms with van der Waals surface area (Å²) in [6.45, 7) is 2.67. The highest BCUT2D eigenvalue weighted by Crippen LogP contribution is 2.49. The van der Waals surface area contributed by atoms with E-state index in [1.54, 1.807) is 12.1 Å². The number of amides is 2. The fraction of sp³-hybridized carbons (Fsp3) is 0.333. The first-order chi connectivity index (χ1) is 12.5. The molecule has 2 aromatic carbocycles. The van der Waals surface area contributed by atoms with Gasteiger partial charge in [-0.1, -0.05) is 30.3 Å². The van der Waals surface area contributed by atoms with Crippen molar-refractivity contribution in [1.29, 1.82) is 0 Å². The maximum Gasteiger partial charge on any atom is 0.226 e. The van der Waals surface area contributed by atoms with Crippen molar-refractivity contribution in [2.24, 2.45) is 5.92 Å². The van der Waals surface area contributed by atoms with Gasteiger partial charge in [0.15, 0.2) is 0 Å². The van der Waals surface area contributed by atoms with E-state index in [-0.39, 0.29) is 29.5 Å². The molecule has 1 aliphatic heterocycles. The molecular formula is C21H21FN2O2. The molecule has 1 aliphatic carbocycles. The van der Waals surface area contributed by atoms with Gasteiger partial charge in [-0.2, -0.15) is 0 Å². The van der Waals surface area contributed by atoms with E-state index in [1.165, 1.54) is 13.0 Å². The van der Waals surface area contributed by atoms with E-state index in [4.69, 9.17) is 0 Å². The molecule has 1 fully saturated rings. The van der Waals surface area contributed by atoms with Gasteiger partial charge in [-0.15, -0.1) is 0 Å². The van der Waals surface area contributed by atoms with Crippen LogP contribution in [0, 0.1) is 11.7 Å². The van der Waals surface area contributed by atoms with E-state index in [1.807, 2.05) is 29.2 Å². The minimum Gasteiger partial charge on any atom is -0.338 e. The second-order valence-corrected chi connectivity index (χ2v) is 7.10. The number of carbonyl (C=O) groups is 2. The first-order valence-electron chi connectivity index (χ1n) is 8.96. The van der Waals surface area contributed by atoms with Gasteiger partial charge in [-0.3, -0.25) is 9.59 Å². The summed E-state index contributed by atoms with van der Waals surface area (Å²) in [5.41, 5.74) is 3.65. The number of halogens is 1. The monoisotopic (exact) mass is 352 g/mol. The fourth-order valence-electron chi connectivity index (χ4n) is 3.93. The van der Waals surface area contributed by atoms with Crippen molar-refractivity contribution in [2.45, 2.75) is 32.2 Å². The summed E-state index contributed by atoms with van der Waals surface area (Å²) < 4.78 is 13.9. The van der Waals surface area contributed by atoms with Gasteiger partial charge in [0.25, 0.3) is 0 Å². The maximum atomic E-state index is 13.9. The highest BCUT2D eigenvalue weighted by Gasteiger charge is 2.47. The smallest absolute Gasteiger partial charge is 0.226 e. The lowest BCUT2D eigenvalue weighted by molar-refractivity contribution is -0.133. The normalized spacial score (nSPS) is 21.1. The van der Waals surface area contributed by atoms with Crippen molar-refractivity contribution < 1.29 is 14.0 Å². The summed E-state index contributed by atoms with van der Waals surface area (Å²) >= 11 is 0. The quantitative estimate of drug-likeness (QED) is 0.919. The zero-order valence-electron chi connectivity index (χ0n) is 14.7. The number of anilines is 1. The number of hydrogen-bond acceptors (Lipinski definition) is 2. The Morgan fingerprint density at radius 3 is 2.73 bits per heavy atom. The Bertz CT molecular complexity index is 880. The van der Waals surface area contributed by atoms with E-state index in [0.717, 1.165) is 23.2 Å². The van der Waals surface area contributed by atoms with Crippen molar-refractivity contribution >= 4 is 17.5 Å². The van der Waals surface area contributed by atoms with Crippen molar-refractivity contribution in [3.8, 4) is 0 Å². The first kappa shape index (κ1) is 16.8. The van der Waals surface area contributed by atoms with Crippen LogP contribution in [0.1, 0.15) is 36.0 Å². The average Bonchev–Trinajstić information content (AvgIpc) is 3.41. The van der Waals surface area contributed by atoms with Crippen LogP contribution >= 0.6 is 0 Å². The fourth-order valence-corrected chi connectivity index (χ4v) is 3.93. The first-order valence-corrected chi connectivity index (χ1v) is 8.96. The summed E-state index contributed by atoms with van der Waals surface area (Å²) in [4.78, 5) is 26.1. The summed E-state index contributed by atoms with van der Waals surface area (Å²) in [5, 5.41) is 2.86. The van der Waals surface area contributed by atoms with Crippen LogP contribution in [-0.4, -0.2) is 23.3 Å². The molecule has 0 spiro atoms. The number of nitrogens with zero attached hydrogens (tertiary/aromatic N) is 1. The molecule has 1 heterocycles. The Labute approximate surface area is 152 Å². The molecule has 0 saturated heterocycles. The van der Waals surface area contributed by atoms with Gasteiger partial charge in [-0.25, -0.2) is 4.39 Å². The van der Waals surface area contributed by atoms with Crippen molar-refractivity contribution in [3.05, 3.63) is 65.0 Å². The van der Waals surface area contributed by atoms with Gasteiger partial charge >= 0.3 is 0 Å². The van der Waals surface area contributed by atoms with Gasteiger partial charge in [0, 0.05) is 31.6 Å². The number of carbonyl (C=O) groups excluding carboxylic acids is 2. The molecule has 26 heavy (non-hydrogen) atoms. The summed E-state index contributed by atoms with van der Waals surface area (Å²) in [6, 6.07) is 12.5. The van der Waals surface area contributed by atoms with Crippen LogP contribution in [0.2, 0.25) is 0 Å². The van der Waals surface area contributed by atoms with Crippen molar-refractivity contribution in [2.75, 3.05) is 11.9 Å².